The number of hydrogen-bond acceptors (Lipinski definition) is 5. The molecule has 1 aromatic carbocycles. The topological polar surface area (TPSA) is 76.8 Å². The molecule has 28 heavy (non-hydrogen) atoms. The summed E-state index contributed by atoms with van der Waals surface area (Å²) in [7, 11) is 0. The van der Waals surface area contributed by atoms with Gasteiger partial charge in [-0.2, -0.15) is 13.2 Å². The van der Waals surface area contributed by atoms with Crippen molar-refractivity contribution >= 4 is 11.8 Å². The van der Waals surface area contributed by atoms with Gasteiger partial charge in [0, 0.05) is 30.4 Å². The first kappa shape index (κ1) is 22.1. The minimum atomic E-state index is -4.41. The number of benzene rings is 1. The monoisotopic (exact) mass is 403 g/mol. The summed E-state index contributed by atoms with van der Waals surface area (Å²) in [6.45, 7) is 5.73. The van der Waals surface area contributed by atoms with Gasteiger partial charge in [-0.15, -0.1) is 0 Å². The standard InChI is InChI=1S/C19H28F3N3O3/c1-18(2,3)28-17(26)24-15-5-4-8-25(11-15)10-13-9-14(23)6-7-16(13)27-12-19(20,21)22/h6-7,9,15H,4-5,8,10-12,23H2,1-3H3,(H,24,26). The van der Waals surface area contributed by atoms with Crippen molar-refractivity contribution in [1.82, 2.24) is 10.2 Å². The molecule has 1 aromatic rings. The Morgan fingerprint density at radius 2 is 2.04 bits per heavy atom. The van der Waals surface area contributed by atoms with Crippen LogP contribution in [-0.2, 0) is 11.3 Å². The van der Waals surface area contributed by atoms with Crippen LogP contribution in [-0.4, -0.2) is 48.5 Å². The van der Waals surface area contributed by atoms with E-state index in [4.69, 9.17) is 15.2 Å². The number of nitrogens with two attached hydrogens (primary N) is 1. The molecule has 1 unspecified atom stereocenters. The number of likely N-dealkylation sites (tertiary alicyclic amines) is 1. The summed E-state index contributed by atoms with van der Waals surface area (Å²) in [6, 6.07) is 4.50. The zero-order valence-electron chi connectivity index (χ0n) is 16.4. The zero-order chi connectivity index (χ0) is 20.9. The molecule has 0 spiro atoms. The van der Waals surface area contributed by atoms with Gasteiger partial charge in [-0.3, -0.25) is 4.90 Å². The largest absolute Gasteiger partial charge is 0.484 e. The second kappa shape index (κ2) is 8.89. The van der Waals surface area contributed by atoms with Gasteiger partial charge < -0.3 is 20.5 Å². The van der Waals surface area contributed by atoms with E-state index in [1.165, 1.54) is 12.1 Å². The highest BCUT2D eigenvalue weighted by atomic mass is 19.4. The van der Waals surface area contributed by atoms with Crippen LogP contribution < -0.4 is 15.8 Å². The minimum absolute atomic E-state index is 0.0933. The number of hydrogen-bond donors (Lipinski definition) is 2. The molecule has 2 rings (SSSR count). The summed E-state index contributed by atoms with van der Waals surface area (Å²) in [5.41, 5.74) is 6.26. The number of halogens is 3. The molecule has 6 nitrogen and oxygen atoms in total. The molecule has 0 bridgehead atoms. The molecule has 0 radical (unpaired) electrons. The average molecular weight is 403 g/mol. The summed E-state index contributed by atoms with van der Waals surface area (Å²) in [5, 5.41) is 2.85. The van der Waals surface area contributed by atoms with Crippen molar-refractivity contribution in [3.63, 3.8) is 0 Å². The lowest BCUT2D eigenvalue weighted by molar-refractivity contribution is -0.153. The number of alkyl halides is 3. The van der Waals surface area contributed by atoms with Gasteiger partial charge >= 0.3 is 12.3 Å². The van der Waals surface area contributed by atoms with Gasteiger partial charge in [-0.1, -0.05) is 0 Å². The molecular formula is C19H28F3N3O3. The Labute approximate surface area is 163 Å². The minimum Gasteiger partial charge on any atom is -0.484 e. The number of amides is 1. The van der Waals surface area contributed by atoms with E-state index in [9.17, 15) is 18.0 Å². The van der Waals surface area contributed by atoms with Crippen molar-refractivity contribution in [3.8, 4) is 5.75 Å². The normalized spacial score (nSPS) is 18.6. The number of nitrogens with one attached hydrogen (secondary N) is 1. The highest BCUT2D eigenvalue weighted by Gasteiger charge is 2.29. The third-order valence-electron chi connectivity index (χ3n) is 4.10. The van der Waals surface area contributed by atoms with Crippen LogP contribution in [0.4, 0.5) is 23.7 Å². The number of nitrogen functional groups attached to an aromatic ring is 1. The van der Waals surface area contributed by atoms with Crippen LogP contribution in [0, 0.1) is 0 Å². The number of rotatable bonds is 5. The quantitative estimate of drug-likeness (QED) is 0.733. The number of nitrogens with zero attached hydrogens (tertiary/aromatic N) is 1. The number of piperidine rings is 1. The van der Waals surface area contributed by atoms with Crippen molar-refractivity contribution in [2.45, 2.75) is 58.0 Å². The molecule has 158 valence electrons. The SMILES string of the molecule is CC(C)(C)OC(=O)NC1CCCN(Cc2cc(N)ccc2OCC(F)(F)F)C1. The molecule has 0 aliphatic carbocycles. The smallest absolute Gasteiger partial charge is 0.422 e. The van der Waals surface area contributed by atoms with Gasteiger partial charge in [-0.25, -0.2) is 4.79 Å². The lowest BCUT2D eigenvalue weighted by Crippen LogP contribution is -2.48. The van der Waals surface area contributed by atoms with Crippen LogP contribution >= 0.6 is 0 Å². The Hall–Kier alpha value is -2.16. The summed E-state index contributed by atoms with van der Waals surface area (Å²) >= 11 is 0. The van der Waals surface area contributed by atoms with Crippen molar-refractivity contribution in [2.24, 2.45) is 0 Å². The number of anilines is 1. The summed E-state index contributed by atoms with van der Waals surface area (Å²) < 4.78 is 47.7. The van der Waals surface area contributed by atoms with Crippen LogP contribution in [0.2, 0.25) is 0 Å². The molecule has 1 aliphatic rings. The van der Waals surface area contributed by atoms with Gasteiger partial charge in [0.15, 0.2) is 6.61 Å². The molecule has 1 saturated heterocycles. The summed E-state index contributed by atoms with van der Waals surface area (Å²) in [6.07, 6.45) is -3.23. The number of ether oxygens (including phenoxy) is 2. The summed E-state index contributed by atoms with van der Waals surface area (Å²) in [5.74, 6) is 0.161. The van der Waals surface area contributed by atoms with Crippen LogP contribution in [0.25, 0.3) is 0 Å². The number of alkyl carbamates (subject to hydrolysis) is 1. The van der Waals surface area contributed by atoms with Gasteiger partial charge in [0.25, 0.3) is 0 Å². The van der Waals surface area contributed by atoms with Gasteiger partial charge in [-0.05, 0) is 58.4 Å². The van der Waals surface area contributed by atoms with E-state index in [0.29, 0.717) is 24.3 Å². The first-order valence-electron chi connectivity index (χ1n) is 9.21. The van der Waals surface area contributed by atoms with E-state index in [1.807, 2.05) is 0 Å². The molecule has 1 amide bonds. The first-order valence-corrected chi connectivity index (χ1v) is 9.21. The Balaban J connectivity index is 1.99. The molecule has 1 atom stereocenters. The second-order valence-electron chi connectivity index (χ2n) is 7.99. The maximum absolute atomic E-state index is 12.5. The van der Waals surface area contributed by atoms with E-state index in [2.05, 4.69) is 10.2 Å². The average Bonchev–Trinajstić information content (AvgIpc) is 2.51. The molecule has 1 aliphatic heterocycles. The number of carbonyl (C=O) groups excluding carboxylic acids is 1. The third-order valence-corrected chi connectivity index (χ3v) is 4.10. The predicted octanol–water partition coefficient (Wildman–Crippen LogP) is 3.70. The summed E-state index contributed by atoms with van der Waals surface area (Å²) in [4.78, 5) is 14.0. The highest BCUT2D eigenvalue weighted by molar-refractivity contribution is 5.68. The fraction of sp³-hybridized carbons (Fsp3) is 0.632. The number of carbonyl (C=O) groups is 1. The van der Waals surface area contributed by atoms with Gasteiger partial charge in [0.2, 0.25) is 0 Å². The third kappa shape index (κ3) is 7.84. The van der Waals surface area contributed by atoms with E-state index in [-0.39, 0.29) is 11.8 Å². The molecule has 3 N–H and O–H groups in total. The van der Waals surface area contributed by atoms with Crippen molar-refractivity contribution in [2.75, 3.05) is 25.4 Å². The molecule has 0 saturated carbocycles. The maximum Gasteiger partial charge on any atom is 0.422 e. The van der Waals surface area contributed by atoms with Crippen LogP contribution in [0.3, 0.4) is 0 Å². The predicted molar refractivity (Wildman–Crippen MR) is 100 cm³/mol. The lowest BCUT2D eigenvalue weighted by atomic mass is 10.0. The van der Waals surface area contributed by atoms with E-state index >= 15 is 0 Å². The molecule has 1 fully saturated rings. The molecule has 0 aromatic heterocycles. The zero-order valence-corrected chi connectivity index (χ0v) is 16.4. The van der Waals surface area contributed by atoms with Crippen molar-refractivity contribution < 1.29 is 27.4 Å². The van der Waals surface area contributed by atoms with E-state index < -0.39 is 24.5 Å². The second-order valence-corrected chi connectivity index (χ2v) is 7.99. The molecule has 9 heteroatoms. The van der Waals surface area contributed by atoms with Crippen LogP contribution in [0.1, 0.15) is 39.2 Å². The molecular weight excluding hydrogens is 375 g/mol. The molecule has 1 heterocycles. The Morgan fingerprint density at radius 3 is 2.68 bits per heavy atom. The van der Waals surface area contributed by atoms with Crippen LogP contribution in [0.15, 0.2) is 18.2 Å². The maximum atomic E-state index is 12.5. The fourth-order valence-corrected chi connectivity index (χ4v) is 3.06. The Kier molecular flexibility index (Phi) is 7.03. The van der Waals surface area contributed by atoms with Gasteiger partial charge in [0.05, 0.1) is 0 Å². The van der Waals surface area contributed by atoms with E-state index in [0.717, 1.165) is 19.4 Å². The Bertz CT molecular complexity index is 675. The highest BCUT2D eigenvalue weighted by Crippen LogP contribution is 2.26. The van der Waals surface area contributed by atoms with Crippen molar-refractivity contribution in [3.05, 3.63) is 23.8 Å². The first-order chi connectivity index (χ1) is 12.9. The Morgan fingerprint density at radius 1 is 1.32 bits per heavy atom. The van der Waals surface area contributed by atoms with Crippen LogP contribution in [0.5, 0.6) is 5.75 Å². The van der Waals surface area contributed by atoms with Gasteiger partial charge in [0.1, 0.15) is 11.4 Å². The van der Waals surface area contributed by atoms with Crippen molar-refractivity contribution in [1.29, 1.82) is 0 Å². The fourth-order valence-electron chi connectivity index (χ4n) is 3.06. The lowest BCUT2D eigenvalue weighted by Gasteiger charge is -2.34. The van der Waals surface area contributed by atoms with E-state index in [1.54, 1.807) is 26.8 Å².